The van der Waals surface area contributed by atoms with E-state index in [0.717, 1.165) is 40.4 Å². The maximum absolute atomic E-state index is 6.39. The molecule has 1 aliphatic heterocycles. The van der Waals surface area contributed by atoms with Gasteiger partial charge in [0.2, 0.25) is 0 Å². The zero-order valence-electron chi connectivity index (χ0n) is 19.0. The highest BCUT2D eigenvalue weighted by atomic mass is 35.5. The van der Waals surface area contributed by atoms with E-state index in [2.05, 4.69) is 38.2 Å². The van der Waals surface area contributed by atoms with Crippen LogP contribution in [0.15, 0.2) is 54.6 Å². The van der Waals surface area contributed by atoms with Gasteiger partial charge >= 0.3 is 0 Å². The van der Waals surface area contributed by atoms with Crippen molar-refractivity contribution in [2.45, 2.75) is 64.9 Å². The lowest BCUT2D eigenvalue weighted by Gasteiger charge is -2.44. The molecule has 0 aromatic heterocycles. The standard InChI is InChI=1S/C26H34ClNO3/c1-5-7-14-29-24-22-17-21(28-18-19-10-9-11-20(27)16-19)12-13-23(22)31-26(3,4)25(24)30-15-8-6-2/h6,8-13,16-17,24-25,28H,5,7,14-15,18H2,1-4H3. The van der Waals surface area contributed by atoms with Crippen LogP contribution in [0.3, 0.4) is 0 Å². The van der Waals surface area contributed by atoms with Crippen molar-refractivity contribution >= 4 is 17.3 Å². The first-order valence-corrected chi connectivity index (χ1v) is 11.5. The molecule has 2 aromatic rings. The summed E-state index contributed by atoms with van der Waals surface area (Å²) in [5, 5.41) is 4.23. The molecule has 0 bridgehead atoms. The van der Waals surface area contributed by atoms with Gasteiger partial charge in [-0.3, -0.25) is 0 Å². The minimum atomic E-state index is -0.499. The van der Waals surface area contributed by atoms with E-state index >= 15 is 0 Å². The van der Waals surface area contributed by atoms with Gasteiger partial charge in [-0.25, -0.2) is 0 Å². The lowest BCUT2D eigenvalue weighted by Crippen LogP contribution is -2.51. The van der Waals surface area contributed by atoms with Gasteiger partial charge in [0.25, 0.3) is 0 Å². The molecule has 1 heterocycles. The van der Waals surface area contributed by atoms with Crippen LogP contribution in [0, 0.1) is 0 Å². The summed E-state index contributed by atoms with van der Waals surface area (Å²) in [6.45, 7) is 10.2. The number of allylic oxidation sites excluding steroid dienone is 1. The van der Waals surface area contributed by atoms with Crippen molar-refractivity contribution in [3.05, 3.63) is 70.8 Å². The largest absolute Gasteiger partial charge is 0.485 e. The van der Waals surface area contributed by atoms with E-state index in [-0.39, 0.29) is 12.2 Å². The maximum Gasteiger partial charge on any atom is 0.132 e. The maximum atomic E-state index is 6.39. The number of ether oxygens (including phenoxy) is 3. The molecule has 4 nitrogen and oxygen atoms in total. The third-order valence-electron chi connectivity index (χ3n) is 5.44. The van der Waals surface area contributed by atoms with Gasteiger partial charge < -0.3 is 19.5 Å². The van der Waals surface area contributed by atoms with E-state index < -0.39 is 5.60 Å². The van der Waals surface area contributed by atoms with Gasteiger partial charge in [0, 0.05) is 29.4 Å². The van der Waals surface area contributed by atoms with Crippen LogP contribution < -0.4 is 10.1 Å². The molecule has 0 spiro atoms. The molecular weight excluding hydrogens is 410 g/mol. The van der Waals surface area contributed by atoms with Crippen molar-refractivity contribution in [3.8, 4) is 5.75 Å². The predicted octanol–water partition coefficient (Wildman–Crippen LogP) is 6.94. The molecule has 0 saturated carbocycles. The Hall–Kier alpha value is -2.01. The highest BCUT2D eigenvalue weighted by molar-refractivity contribution is 6.30. The average Bonchev–Trinajstić information content (AvgIpc) is 2.74. The summed E-state index contributed by atoms with van der Waals surface area (Å²) in [6, 6.07) is 14.1. The van der Waals surface area contributed by atoms with E-state index in [4.69, 9.17) is 25.8 Å². The van der Waals surface area contributed by atoms with Gasteiger partial charge in [-0.2, -0.15) is 0 Å². The van der Waals surface area contributed by atoms with E-state index in [1.807, 2.05) is 49.4 Å². The molecule has 1 N–H and O–H groups in total. The van der Waals surface area contributed by atoms with Crippen molar-refractivity contribution in [2.75, 3.05) is 18.5 Å². The molecule has 0 amide bonds. The fourth-order valence-electron chi connectivity index (χ4n) is 3.77. The summed E-state index contributed by atoms with van der Waals surface area (Å²) in [5.74, 6) is 0.852. The summed E-state index contributed by atoms with van der Waals surface area (Å²) in [4.78, 5) is 0. The van der Waals surface area contributed by atoms with Crippen molar-refractivity contribution in [3.63, 3.8) is 0 Å². The fraction of sp³-hybridized carbons (Fsp3) is 0.462. The van der Waals surface area contributed by atoms with Gasteiger partial charge in [-0.1, -0.05) is 49.2 Å². The molecule has 0 fully saturated rings. The second kappa shape index (κ2) is 11.0. The molecule has 1 aliphatic rings. The summed E-state index contributed by atoms with van der Waals surface area (Å²) in [7, 11) is 0. The van der Waals surface area contributed by atoms with E-state index in [1.54, 1.807) is 0 Å². The van der Waals surface area contributed by atoms with E-state index in [1.165, 1.54) is 0 Å². The van der Waals surface area contributed by atoms with Crippen LogP contribution in [0.4, 0.5) is 5.69 Å². The lowest BCUT2D eigenvalue weighted by atomic mass is 9.87. The number of unbranched alkanes of at least 4 members (excludes halogenated alkanes) is 1. The monoisotopic (exact) mass is 443 g/mol. The van der Waals surface area contributed by atoms with Crippen molar-refractivity contribution < 1.29 is 14.2 Å². The molecule has 2 aromatic carbocycles. The molecule has 31 heavy (non-hydrogen) atoms. The Balaban J connectivity index is 1.84. The molecule has 2 unspecified atom stereocenters. The zero-order valence-corrected chi connectivity index (χ0v) is 19.7. The Bertz CT molecular complexity index is 881. The van der Waals surface area contributed by atoms with Gasteiger partial charge in [0.05, 0.1) is 6.61 Å². The number of anilines is 1. The predicted molar refractivity (Wildman–Crippen MR) is 128 cm³/mol. The summed E-state index contributed by atoms with van der Waals surface area (Å²) >= 11 is 6.12. The number of fused-ring (bicyclic) bond motifs is 1. The Morgan fingerprint density at radius 2 is 2.00 bits per heavy atom. The van der Waals surface area contributed by atoms with Crippen molar-refractivity contribution in [1.82, 2.24) is 0 Å². The number of hydrogen-bond acceptors (Lipinski definition) is 4. The van der Waals surface area contributed by atoms with Crippen LogP contribution >= 0.6 is 11.6 Å². The summed E-state index contributed by atoms with van der Waals surface area (Å²) in [5.41, 5.74) is 2.67. The van der Waals surface area contributed by atoms with E-state index in [0.29, 0.717) is 19.8 Å². The van der Waals surface area contributed by atoms with Crippen molar-refractivity contribution in [1.29, 1.82) is 0 Å². The highest BCUT2D eigenvalue weighted by Gasteiger charge is 2.45. The van der Waals surface area contributed by atoms with Crippen LogP contribution in [-0.2, 0) is 16.0 Å². The Morgan fingerprint density at radius 1 is 1.16 bits per heavy atom. The SMILES string of the molecule is CC=CCOC1C(OCCCC)c2cc(NCc3cccc(Cl)c3)ccc2OC1(C)C. The zero-order chi connectivity index (χ0) is 22.3. The third kappa shape index (κ3) is 6.25. The second-order valence-electron chi connectivity index (χ2n) is 8.41. The molecular formula is C26H34ClNO3. The normalized spacial score (nSPS) is 19.8. The van der Waals surface area contributed by atoms with Gasteiger partial charge in [-0.05, 0) is 63.1 Å². The Morgan fingerprint density at radius 3 is 2.74 bits per heavy atom. The second-order valence-corrected chi connectivity index (χ2v) is 8.85. The van der Waals surface area contributed by atoms with Crippen LogP contribution in [0.25, 0.3) is 0 Å². The van der Waals surface area contributed by atoms with Gasteiger partial charge in [-0.15, -0.1) is 0 Å². The molecule has 0 saturated heterocycles. The Labute approximate surface area is 191 Å². The highest BCUT2D eigenvalue weighted by Crippen LogP contribution is 2.44. The molecule has 5 heteroatoms. The minimum Gasteiger partial charge on any atom is -0.485 e. The molecule has 0 radical (unpaired) electrons. The molecule has 0 aliphatic carbocycles. The first kappa shape index (κ1) is 23.6. The Kier molecular flexibility index (Phi) is 8.42. The fourth-order valence-corrected chi connectivity index (χ4v) is 3.98. The van der Waals surface area contributed by atoms with Gasteiger partial charge in [0.15, 0.2) is 0 Å². The molecule has 3 rings (SSSR count). The first-order valence-electron chi connectivity index (χ1n) is 11.1. The number of halogens is 1. The lowest BCUT2D eigenvalue weighted by molar-refractivity contribution is -0.157. The number of hydrogen-bond donors (Lipinski definition) is 1. The van der Waals surface area contributed by atoms with E-state index in [9.17, 15) is 0 Å². The van der Waals surface area contributed by atoms with Crippen molar-refractivity contribution in [2.24, 2.45) is 0 Å². The van der Waals surface area contributed by atoms with Crippen LogP contribution in [-0.4, -0.2) is 24.9 Å². The summed E-state index contributed by atoms with van der Waals surface area (Å²) < 4.78 is 19.0. The third-order valence-corrected chi connectivity index (χ3v) is 5.67. The number of nitrogens with one attached hydrogen (secondary N) is 1. The quantitative estimate of drug-likeness (QED) is 0.319. The van der Waals surface area contributed by atoms with Gasteiger partial charge in [0.1, 0.15) is 23.6 Å². The van der Waals surface area contributed by atoms with Crippen LogP contribution in [0.5, 0.6) is 5.75 Å². The molecule has 2 atom stereocenters. The topological polar surface area (TPSA) is 39.7 Å². The van der Waals surface area contributed by atoms with Crippen LogP contribution in [0.2, 0.25) is 5.02 Å². The number of benzene rings is 2. The van der Waals surface area contributed by atoms with Crippen LogP contribution in [0.1, 0.15) is 57.8 Å². The number of rotatable bonds is 10. The summed E-state index contributed by atoms with van der Waals surface area (Å²) in [6.07, 6.45) is 5.71. The first-order chi connectivity index (χ1) is 14.9. The average molecular weight is 444 g/mol. The smallest absolute Gasteiger partial charge is 0.132 e. The molecule has 168 valence electrons. The minimum absolute atomic E-state index is 0.191.